The van der Waals surface area contributed by atoms with Crippen LogP contribution in [0.25, 0.3) is 0 Å². The molecule has 1 N–H and O–H groups in total. The summed E-state index contributed by atoms with van der Waals surface area (Å²) in [6.07, 6.45) is 3.56. The number of aryl methyl sites for hydroxylation is 1. The number of benzene rings is 1. The zero-order valence-electron chi connectivity index (χ0n) is 10.4. The first-order valence-electron chi connectivity index (χ1n) is 6.07. The molecule has 0 aliphatic heterocycles. The van der Waals surface area contributed by atoms with Gasteiger partial charge in [0.25, 0.3) is 0 Å². The lowest BCUT2D eigenvalue weighted by Gasteiger charge is -2.15. The van der Waals surface area contributed by atoms with Crippen LogP contribution in [0.3, 0.4) is 0 Å². The molecule has 92 valence electrons. The van der Waals surface area contributed by atoms with Crippen molar-refractivity contribution in [3.05, 3.63) is 54.0 Å². The molecule has 1 atom stereocenters. The Hall–Kier alpha value is -2.21. The fraction of sp³-hybridized carbons (Fsp3) is 0.267. The summed E-state index contributed by atoms with van der Waals surface area (Å²) in [5.41, 5.74) is 1.58. The Kier molecular flexibility index (Phi) is 4.03. The third-order valence-corrected chi connectivity index (χ3v) is 2.85. The Labute approximate surface area is 107 Å². The molecule has 0 aliphatic carbocycles. The van der Waals surface area contributed by atoms with E-state index < -0.39 is 0 Å². The Balaban J connectivity index is 1.91. The van der Waals surface area contributed by atoms with Gasteiger partial charge >= 0.3 is 0 Å². The highest BCUT2D eigenvalue weighted by atomic mass is 16.3. The molecule has 1 aromatic heterocycles. The van der Waals surface area contributed by atoms with Crippen molar-refractivity contribution in [3.63, 3.8) is 0 Å². The van der Waals surface area contributed by atoms with Crippen LogP contribution in [0.5, 0.6) is 0 Å². The number of hydrogen-bond donors (Lipinski definition) is 1. The molecule has 0 radical (unpaired) electrons. The first-order chi connectivity index (χ1) is 8.79. The average Bonchev–Trinajstić information content (AvgIpc) is 2.90. The second kappa shape index (κ2) is 5.92. The van der Waals surface area contributed by atoms with Crippen LogP contribution < -0.4 is 5.32 Å². The molecule has 0 bridgehead atoms. The third kappa shape index (κ3) is 3.14. The number of nitrogens with one attached hydrogen (secondary N) is 1. The van der Waals surface area contributed by atoms with Crippen molar-refractivity contribution < 1.29 is 4.42 Å². The summed E-state index contributed by atoms with van der Waals surface area (Å²) < 4.78 is 5.30. The van der Waals surface area contributed by atoms with Gasteiger partial charge in [-0.25, -0.2) is 0 Å². The maximum Gasteiger partial charge on any atom is 0.103 e. The van der Waals surface area contributed by atoms with E-state index in [-0.39, 0.29) is 0 Å². The zero-order valence-corrected chi connectivity index (χ0v) is 10.4. The lowest BCUT2D eigenvalue weighted by atomic mass is 10.1. The van der Waals surface area contributed by atoms with Gasteiger partial charge in [-0.1, -0.05) is 12.1 Å². The molecule has 0 amide bonds. The van der Waals surface area contributed by atoms with E-state index in [0.717, 1.165) is 24.3 Å². The van der Waals surface area contributed by atoms with Crippen LogP contribution in [0, 0.1) is 11.3 Å². The number of nitrogens with zero attached hydrogens (tertiary/aromatic N) is 1. The molecule has 0 saturated carbocycles. The molecule has 3 nitrogen and oxygen atoms in total. The average molecular weight is 240 g/mol. The molecule has 1 unspecified atom stereocenters. The molecular weight excluding hydrogens is 224 g/mol. The minimum Gasteiger partial charge on any atom is -0.469 e. The highest BCUT2D eigenvalue weighted by Gasteiger charge is 2.06. The summed E-state index contributed by atoms with van der Waals surface area (Å²) in [4.78, 5) is 0. The SMILES string of the molecule is CC(CCc1ccco1)Nc1ccccc1C#N. The van der Waals surface area contributed by atoms with E-state index in [0.29, 0.717) is 11.6 Å². The first-order valence-corrected chi connectivity index (χ1v) is 6.07. The fourth-order valence-corrected chi connectivity index (χ4v) is 1.86. The molecular formula is C15H16N2O. The van der Waals surface area contributed by atoms with Crippen LogP contribution in [0.4, 0.5) is 5.69 Å². The lowest BCUT2D eigenvalue weighted by Crippen LogP contribution is -2.16. The predicted molar refractivity (Wildman–Crippen MR) is 71.3 cm³/mol. The van der Waals surface area contributed by atoms with Gasteiger partial charge in [0.05, 0.1) is 17.5 Å². The second-order valence-corrected chi connectivity index (χ2v) is 4.32. The minimum absolute atomic E-state index is 0.296. The number of anilines is 1. The smallest absolute Gasteiger partial charge is 0.103 e. The van der Waals surface area contributed by atoms with E-state index in [2.05, 4.69) is 18.3 Å². The predicted octanol–water partition coefficient (Wildman–Crippen LogP) is 3.58. The van der Waals surface area contributed by atoms with E-state index in [1.807, 2.05) is 36.4 Å². The van der Waals surface area contributed by atoms with Crippen molar-refractivity contribution in [2.45, 2.75) is 25.8 Å². The molecule has 0 aliphatic rings. The molecule has 2 aromatic rings. The van der Waals surface area contributed by atoms with Crippen molar-refractivity contribution >= 4 is 5.69 Å². The number of nitriles is 1. The van der Waals surface area contributed by atoms with E-state index >= 15 is 0 Å². The van der Waals surface area contributed by atoms with Gasteiger partial charge in [0.2, 0.25) is 0 Å². The van der Waals surface area contributed by atoms with Gasteiger partial charge in [-0.3, -0.25) is 0 Å². The molecule has 0 fully saturated rings. The molecule has 1 heterocycles. The van der Waals surface area contributed by atoms with Gasteiger partial charge in [-0.15, -0.1) is 0 Å². The topological polar surface area (TPSA) is 49.0 Å². The zero-order chi connectivity index (χ0) is 12.8. The normalized spacial score (nSPS) is 11.8. The molecule has 3 heteroatoms. The summed E-state index contributed by atoms with van der Waals surface area (Å²) in [7, 11) is 0. The quantitative estimate of drug-likeness (QED) is 0.868. The van der Waals surface area contributed by atoms with Gasteiger partial charge in [-0.2, -0.15) is 5.26 Å². The highest BCUT2D eigenvalue weighted by Crippen LogP contribution is 2.16. The van der Waals surface area contributed by atoms with Crippen LogP contribution in [-0.2, 0) is 6.42 Å². The maximum absolute atomic E-state index is 9.01. The van der Waals surface area contributed by atoms with Crippen LogP contribution in [0.1, 0.15) is 24.7 Å². The van der Waals surface area contributed by atoms with Crippen molar-refractivity contribution in [3.8, 4) is 6.07 Å². The summed E-state index contributed by atoms with van der Waals surface area (Å²) >= 11 is 0. The van der Waals surface area contributed by atoms with Crippen LogP contribution >= 0.6 is 0 Å². The van der Waals surface area contributed by atoms with Crippen LogP contribution in [0.15, 0.2) is 47.1 Å². The Bertz CT molecular complexity index is 526. The van der Waals surface area contributed by atoms with Gasteiger partial charge in [-0.05, 0) is 37.6 Å². The first kappa shape index (κ1) is 12.3. The van der Waals surface area contributed by atoms with Crippen molar-refractivity contribution in [1.29, 1.82) is 5.26 Å². The summed E-state index contributed by atoms with van der Waals surface area (Å²) in [6.45, 7) is 2.11. The number of hydrogen-bond acceptors (Lipinski definition) is 3. The number of para-hydroxylation sites is 1. The minimum atomic E-state index is 0.296. The van der Waals surface area contributed by atoms with E-state index in [1.165, 1.54) is 0 Å². The van der Waals surface area contributed by atoms with Crippen LogP contribution in [-0.4, -0.2) is 6.04 Å². The molecule has 0 spiro atoms. The van der Waals surface area contributed by atoms with Crippen molar-refractivity contribution in [2.75, 3.05) is 5.32 Å². The highest BCUT2D eigenvalue weighted by molar-refractivity contribution is 5.57. The molecule has 18 heavy (non-hydrogen) atoms. The van der Waals surface area contributed by atoms with Gasteiger partial charge in [0, 0.05) is 12.5 Å². The van der Waals surface area contributed by atoms with E-state index in [9.17, 15) is 0 Å². The molecule has 0 saturated heterocycles. The summed E-state index contributed by atoms with van der Waals surface area (Å²) in [6, 6.07) is 13.9. The lowest BCUT2D eigenvalue weighted by molar-refractivity contribution is 0.495. The van der Waals surface area contributed by atoms with Crippen molar-refractivity contribution in [2.24, 2.45) is 0 Å². The molecule has 2 rings (SSSR count). The Morgan fingerprint density at radius 2 is 2.11 bits per heavy atom. The largest absolute Gasteiger partial charge is 0.469 e. The van der Waals surface area contributed by atoms with Crippen LogP contribution in [0.2, 0.25) is 0 Å². The van der Waals surface area contributed by atoms with E-state index in [4.69, 9.17) is 9.68 Å². The van der Waals surface area contributed by atoms with Gasteiger partial charge < -0.3 is 9.73 Å². The molecule has 1 aromatic carbocycles. The number of furan rings is 1. The summed E-state index contributed by atoms with van der Waals surface area (Å²) in [5, 5.41) is 12.4. The van der Waals surface area contributed by atoms with Crippen molar-refractivity contribution in [1.82, 2.24) is 0 Å². The van der Waals surface area contributed by atoms with Gasteiger partial charge in [0.15, 0.2) is 0 Å². The Morgan fingerprint density at radius 1 is 1.28 bits per heavy atom. The third-order valence-electron chi connectivity index (χ3n) is 2.85. The standard InChI is InChI=1S/C15H16N2O/c1-12(8-9-14-6-4-10-18-14)17-15-7-3-2-5-13(15)11-16/h2-7,10,12,17H,8-9H2,1H3. The number of rotatable bonds is 5. The van der Waals surface area contributed by atoms with E-state index in [1.54, 1.807) is 6.26 Å². The maximum atomic E-state index is 9.01. The Morgan fingerprint density at radius 3 is 2.83 bits per heavy atom. The fourth-order valence-electron chi connectivity index (χ4n) is 1.86. The second-order valence-electron chi connectivity index (χ2n) is 4.32. The monoisotopic (exact) mass is 240 g/mol. The summed E-state index contributed by atoms with van der Waals surface area (Å²) in [5.74, 6) is 0.997. The van der Waals surface area contributed by atoms with Gasteiger partial charge in [0.1, 0.15) is 11.8 Å².